The molecule has 0 saturated heterocycles. The van der Waals surface area contributed by atoms with Gasteiger partial charge in [-0.1, -0.05) is 147 Å². The fourth-order valence-corrected chi connectivity index (χ4v) is 12.3. The molecule has 5 heterocycles. The number of H-pyrrole nitrogens is 1. The van der Waals surface area contributed by atoms with Gasteiger partial charge in [0, 0.05) is 42.3 Å². The summed E-state index contributed by atoms with van der Waals surface area (Å²) in [5, 5.41) is 68.2. The molecule has 0 unspecified atom stereocenters. The average Bonchev–Trinajstić information content (AvgIpc) is 2.25. The maximum Gasteiger partial charge on any atom is 0.345 e. The normalized spacial score (nSPS) is 10.5. The van der Waals surface area contributed by atoms with Gasteiger partial charge >= 0.3 is 22.7 Å². The number of hydrogen-bond acceptors (Lipinski definition) is 19. The molecular weight excluding hydrogens is 1480 g/mol. The van der Waals surface area contributed by atoms with Crippen molar-refractivity contribution < 1.29 is 19.7 Å². The first kappa shape index (κ1) is 69.6. The molecule has 0 aliphatic heterocycles. The van der Waals surface area contributed by atoms with Crippen LogP contribution in [0, 0.1) is 40.5 Å². The van der Waals surface area contributed by atoms with Crippen LogP contribution in [-0.2, 0) is 26.2 Å². The fraction of sp³-hybridized carbons (Fsp3) is 0.264. The lowest BCUT2D eigenvalue weighted by Gasteiger charge is -2.15. The maximum absolute atomic E-state index is 11.4. The van der Waals surface area contributed by atoms with Gasteiger partial charge in [0.05, 0.1) is 45.9 Å². The van der Waals surface area contributed by atoms with Crippen LogP contribution in [0.5, 0.6) is 0 Å². The second-order valence-corrected chi connectivity index (χ2v) is 24.5. The minimum absolute atomic E-state index is 0.0130. The van der Waals surface area contributed by atoms with Gasteiger partial charge in [-0.2, -0.15) is 25.5 Å². The molecule has 4 aromatic carbocycles. The number of nitrogens with zero attached hydrogens (tertiary/aromatic N) is 16. The van der Waals surface area contributed by atoms with Crippen molar-refractivity contribution in [3.8, 4) is 0 Å². The third-order valence-corrected chi connectivity index (χ3v) is 16.1. The predicted octanol–water partition coefficient (Wildman–Crippen LogP) is 13.6. The van der Waals surface area contributed by atoms with E-state index in [1.807, 2.05) is 140 Å². The molecular formula is C53H59Br5N18O8S2. The van der Waals surface area contributed by atoms with Gasteiger partial charge in [0.15, 0.2) is 20.1 Å². The van der Waals surface area contributed by atoms with E-state index in [0.29, 0.717) is 40.9 Å². The molecule has 9 aromatic rings. The third-order valence-electron chi connectivity index (χ3n) is 11.4. The van der Waals surface area contributed by atoms with Crippen LogP contribution in [0.3, 0.4) is 0 Å². The summed E-state index contributed by atoms with van der Waals surface area (Å²) >= 11 is 18.3. The number of hydrogen-bond donors (Lipinski definition) is 2. The number of aromatic amines is 1. The van der Waals surface area contributed by atoms with E-state index in [1.165, 1.54) is 22.0 Å². The highest BCUT2D eigenvalue weighted by Gasteiger charge is 2.31. The molecule has 0 bridgehead atoms. The maximum atomic E-state index is 11.4. The number of nitrogens with one attached hydrogen (secondary N) is 1. The van der Waals surface area contributed by atoms with Crippen molar-refractivity contribution in [2.75, 3.05) is 74.2 Å². The molecule has 3 N–H and O–H groups in total. The summed E-state index contributed by atoms with van der Waals surface area (Å²) in [6.45, 7) is 6.28. The van der Waals surface area contributed by atoms with Crippen molar-refractivity contribution >= 4 is 149 Å². The first-order valence-corrected chi connectivity index (χ1v) is 31.4. The molecule has 0 spiro atoms. The van der Waals surface area contributed by atoms with E-state index < -0.39 is 14.8 Å². The Labute approximate surface area is 545 Å². The van der Waals surface area contributed by atoms with Crippen LogP contribution in [0.15, 0.2) is 154 Å². The van der Waals surface area contributed by atoms with E-state index in [0.717, 1.165) is 51.3 Å². The van der Waals surface area contributed by atoms with Crippen molar-refractivity contribution in [1.82, 2.24) is 49.3 Å². The quantitative estimate of drug-likeness (QED) is 0.0432. The number of nitrogens with two attached hydrogens (primary N) is 1. The summed E-state index contributed by atoms with van der Waals surface area (Å²) < 4.78 is 8.14. The monoisotopic (exact) mass is 1530 g/mol. The van der Waals surface area contributed by atoms with Gasteiger partial charge in [0.25, 0.3) is 0 Å². The molecule has 0 radical (unpaired) electrons. The SMILES string of the molecule is CCSc1nn(Cc2ccccc2)c(N(C)C)c1N.CCSc1nn(Cc2ccccc2)c(N(C)C)c1[N+](=O)[O-].CN(C)c1c([N+](=O)[O-])c(Br)nn1Cc1ccccc1.O=[N+]([O-])c1c(Br)n[nH]c1Br.O=[N+]([O-])c1c(Br)nn(Cc2ccccc2)c1Br. The fourth-order valence-electron chi connectivity index (χ4n) is 7.90. The van der Waals surface area contributed by atoms with Gasteiger partial charge in [-0.25, -0.2) is 18.7 Å². The van der Waals surface area contributed by atoms with Gasteiger partial charge in [-0.05, 0) is 113 Å². The first-order chi connectivity index (χ1) is 40.9. The highest BCUT2D eigenvalue weighted by atomic mass is 79.9. The molecule has 0 fully saturated rings. The molecule has 0 aliphatic rings. The van der Waals surface area contributed by atoms with Crippen LogP contribution in [0.25, 0.3) is 0 Å². The summed E-state index contributed by atoms with van der Waals surface area (Å²) in [5.74, 6) is 3.69. The zero-order chi connectivity index (χ0) is 63.4. The van der Waals surface area contributed by atoms with Gasteiger partial charge in [-0.15, -0.1) is 11.8 Å². The highest BCUT2D eigenvalue weighted by Crippen LogP contribution is 2.39. The Balaban J connectivity index is 0.000000199. The molecule has 26 nitrogen and oxygen atoms in total. The third kappa shape index (κ3) is 19.2. The predicted molar refractivity (Wildman–Crippen MR) is 355 cm³/mol. The van der Waals surface area contributed by atoms with Crippen molar-refractivity contribution in [3.63, 3.8) is 0 Å². The highest BCUT2D eigenvalue weighted by molar-refractivity contribution is 9.11. The summed E-state index contributed by atoms with van der Waals surface area (Å²) in [6.07, 6.45) is 0. The van der Waals surface area contributed by atoms with E-state index >= 15 is 0 Å². The summed E-state index contributed by atoms with van der Waals surface area (Å²) in [7, 11) is 11.1. The lowest BCUT2D eigenvalue weighted by molar-refractivity contribution is -0.387. The number of nitro groups is 4. The molecule has 0 atom stereocenters. The van der Waals surface area contributed by atoms with E-state index in [9.17, 15) is 40.5 Å². The van der Waals surface area contributed by atoms with Crippen LogP contribution in [-0.4, -0.2) is 123 Å². The molecule has 0 saturated carbocycles. The molecule has 456 valence electrons. The Hall–Kier alpha value is -7.17. The van der Waals surface area contributed by atoms with Crippen LogP contribution in [0.1, 0.15) is 36.1 Å². The Morgan fingerprint density at radius 2 is 0.779 bits per heavy atom. The number of thioether (sulfide) groups is 2. The summed E-state index contributed by atoms with van der Waals surface area (Å²) in [4.78, 5) is 47.2. The Bertz CT molecular complexity index is 3660. The molecule has 0 aliphatic carbocycles. The Morgan fingerprint density at radius 3 is 1.12 bits per heavy atom. The number of anilines is 4. The minimum atomic E-state index is -0.530. The number of aromatic nitrogens is 10. The Kier molecular flexibility index (Phi) is 27.2. The molecule has 0 amide bonds. The zero-order valence-electron chi connectivity index (χ0n) is 47.5. The van der Waals surface area contributed by atoms with Crippen LogP contribution < -0.4 is 20.4 Å². The molecule has 9 rings (SSSR count). The van der Waals surface area contributed by atoms with Gasteiger partial charge in [0.1, 0.15) is 10.7 Å². The average molecular weight is 1540 g/mol. The molecule has 86 heavy (non-hydrogen) atoms. The second kappa shape index (κ2) is 33.7. The van der Waals surface area contributed by atoms with Gasteiger partial charge in [-0.3, -0.25) is 45.6 Å². The van der Waals surface area contributed by atoms with Crippen molar-refractivity contribution in [1.29, 1.82) is 0 Å². The van der Waals surface area contributed by atoms with Gasteiger partial charge < -0.3 is 20.4 Å². The topological polar surface area (TPSA) is 308 Å². The van der Waals surface area contributed by atoms with Crippen molar-refractivity contribution in [2.24, 2.45) is 0 Å². The zero-order valence-corrected chi connectivity index (χ0v) is 57.1. The molecule has 5 aromatic heterocycles. The van der Waals surface area contributed by atoms with Crippen LogP contribution in [0.4, 0.5) is 45.9 Å². The first-order valence-electron chi connectivity index (χ1n) is 25.5. The van der Waals surface area contributed by atoms with E-state index in [2.05, 4.69) is 129 Å². The number of benzene rings is 4. The van der Waals surface area contributed by atoms with Crippen molar-refractivity contribution in [3.05, 3.63) is 207 Å². The van der Waals surface area contributed by atoms with Crippen LogP contribution in [0.2, 0.25) is 0 Å². The van der Waals surface area contributed by atoms with Crippen molar-refractivity contribution in [2.45, 2.75) is 50.1 Å². The van der Waals surface area contributed by atoms with E-state index in [-0.39, 0.29) is 46.1 Å². The number of nitrogen functional groups attached to an aromatic ring is 1. The van der Waals surface area contributed by atoms with E-state index in [1.54, 1.807) is 59.1 Å². The largest absolute Gasteiger partial charge is 0.393 e. The lowest BCUT2D eigenvalue weighted by atomic mass is 10.2. The summed E-state index contributed by atoms with van der Waals surface area (Å²) in [5.41, 5.74) is 11.3. The standard InChI is InChI=1S/C14H18N4O2S.C14H20N4S.C12H13BrN4O2.C10H7Br2N3O2.C3HBr2N3O2/c1-4-21-13-12(18(19)20)14(16(2)3)17(15-13)10-11-8-6-5-7-9-11;1-4-19-13-12(15)14(17(2)3)18(16-13)10-11-8-6-5-7-9-11;1-15(2)12-10(17(18)19)11(13)14-16(12)8-9-6-4-3-5-7-9;11-9-8(15(16)17)10(12)14(13-9)6-7-4-2-1-3-5-7;4-2-1(8(9)10)3(5)7-6-2/h5-9H,4,10H2,1-3H3;5-9H,4,10,15H2,1-3H3;3-7H,8H2,1-2H3;1-5H,6H2;(H,6,7). The lowest BCUT2D eigenvalue weighted by Crippen LogP contribution is -2.17. The van der Waals surface area contributed by atoms with Gasteiger partial charge in [0.2, 0.25) is 25.4 Å². The van der Waals surface area contributed by atoms with Crippen LogP contribution >= 0.6 is 103 Å². The summed E-state index contributed by atoms with van der Waals surface area (Å²) in [6, 6.07) is 39.4. The van der Waals surface area contributed by atoms with E-state index in [4.69, 9.17) is 5.73 Å². The molecule has 33 heteroatoms. The number of rotatable bonds is 19. The number of halogens is 5. The smallest absolute Gasteiger partial charge is 0.345 e. The Morgan fingerprint density at radius 1 is 0.453 bits per heavy atom. The minimum Gasteiger partial charge on any atom is -0.393 e. The second-order valence-electron chi connectivity index (χ2n) is 18.2.